The van der Waals surface area contributed by atoms with Gasteiger partial charge >= 0.3 is 0 Å². The molecule has 0 aliphatic carbocycles. The number of piperidine rings is 1. The fourth-order valence-corrected chi connectivity index (χ4v) is 4.46. The Morgan fingerprint density at radius 1 is 0.933 bits per heavy atom. The molecule has 30 heavy (non-hydrogen) atoms. The van der Waals surface area contributed by atoms with E-state index in [1.165, 1.54) is 69.2 Å². The predicted octanol–water partition coefficient (Wildman–Crippen LogP) is 6.23. The molecule has 0 unspecified atom stereocenters. The number of rotatable bonds is 9. The highest BCUT2D eigenvalue weighted by molar-refractivity contribution is 6.30. The summed E-state index contributed by atoms with van der Waals surface area (Å²) in [6, 6.07) is 13.9. The van der Waals surface area contributed by atoms with Gasteiger partial charge in [-0.05, 0) is 88.1 Å². The van der Waals surface area contributed by atoms with Crippen LogP contribution in [0.5, 0.6) is 5.75 Å². The van der Waals surface area contributed by atoms with Crippen molar-refractivity contribution in [3.8, 4) is 5.75 Å². The zero-order valence-corrected chi connectivity index (χ0v) is 18.7. The van der Waals surface area contributed by atoms with E-state index in [1.807, 2.05) is 24.3 Å². The molecule has 4 rings (SSSR count). The van der Waals surface area contributed by atoms with E-state index in [4.69, 9.17) is 21.3 Å². The quantitative estimate of drug-likeness (QED) is 0.380. The van der Waals surface area contributed by atoms with Gasteiger partial charge in [-0.25, -0.2) is 4.98 Å². The molecule has 0 amide bonds. The second-order valence-electron chi connectivity index (χ2n) is 8.33. The second-order valence-corrected chi connectivity index (χ2v) is 8.76. The van der Waals surface area contributed by atoms with Crippen LogP contribution in [0.2, 0.25) is 5.02 Å². The summed E-state index contributed by atoms with van der Waals surface area (Å²) >= 11 is 5.98. The lowest BCUT2D eigenvalue weighted by molar-refractivity contribution is 0.223. The van der Waals surface area contributed by atoms with E-state index < -0.39 is 0 Å². The van der Waals surface area contributed by atoms with Crippen LogP contribution in [0, 0.1) is 6.92 Å². The normalized spacial score (nSPS) is 15.0. The van der Waals surface area contributed by atoms with Crippen LogP contribution < -0.4 is 4.74 Å². The predicted molar refractivity (Wildman–Crippen MR) is 124 cm³/mol. The van der Waals surface area contributed by atoms with Crippen LogP contribution in [0.3, 0.4) is 0 Å². The van der Waals surface area contributed by atoms with Crippen molar-refractivity contribution in [2.45, 2.75) is 58.6 Å². The number of hydrogen-bond acceptors (Lipinski definition) is 3. The first-order valence-electron chi connectivity index (χ1n) is 11.3. The van der Waals surface area contributed by atoms with Gasteiger partial charge in [0.2, 0.25) is 0 Å². The summed E-state index contributed by atoms with van der Waals surface area (Å²) in [7, 11) is 0. The number of halogens is 1. The smallest absolute Gasteiger partial charge is 0.148 e. The summed E-state index contributed by atoms with van der Waals surface area (Å²) < 4.78 is 8.36. The zero-order chi connectivity index (χ0) is 20.8. The molecule has 1 aromatic heterocycles. The molecule has 1 fully saturated rings. The molecule has 0 radical (unpaired) electrons. The Morgan fingerprint density at radius 3 is 2.50 bits per heavy atom. The standard InChI is InChI=1S/C25H32ClN3O/c1-20-9-8-10-23-25(20)27-24(19-30-22-13-11-21(26)12-14-22)29(23)18-7-3-6-17-28-15-4-2-5-16-28/h8-14H,2-7,15-19H2,1H3. The fraction of sp³-hybridized carbons (Fsp3) is 0.480. The lowest BCUT2D eigenvalue weighted by Gasteiger charge is -2.26. The highest BCUT2D eigenvalue weighted by Gasteiger charge is 2.13. The van der Waals surface area contributed by atoms with Crippen molar-refractivity contribution in [2.24, 2.45) is 0 Å². The molecular formula is C25H32ClN3O. The number of aromatic nitrogens is 2. The highest BCUT2D eigenvalue weighted by Crippen LogP contribution is 2.23. The first kappa shape index (κ1) is 21.2. The third kappa shape index (κ3) is 5.35. The van der Waals surface area contributed by atoms with Crippen LogP contribution in [-0.4, -0.2) is 34.1 Å². The maximum Gasteiger partial charge on any atom is 0.148 e. The van der Waals surface area contributed by atoms with Crippen molar-refractivity contribution < 1.29 is 4.74 Å². The average molecular weight is 426 g/mol. The molecule has 0 atom stereocenters. The van der Waals surface area contributed by atoms with Gasteiger partial charge in [0, 0.05) is 11.6 Å². The van der Waals surface area contributed by atoms with Gasteiger partial charge in [-0.2, -0.15) is 0 Å². The summed E-state index contributed by atoms with van der Waals surface area (Å²) in [5, 5.41) is 0.717. The SMILES string of the molecule is Cc1cccc2c1nc(COc1ccc(Cl)cc1)n2CCCCCN1CCCCC1. The van der Waals surface area contributed by atoms with Crippen molar-refractivity contribution in [1.29, 1.82) is 0 Å². The van der Waals surface area contributed by atoms with E-state index in [1.54, 1.807) is 0 Å². The second kappa shape index (κ2) is 10.3. The maximum atomic E-state index is 6.02. The molecule has 2 heterocycles. The van der Waals surface area contributed by atoms with Crippen molar-refractivity contribution in [1.82, 2.24) is 14.5 Å². The third-order valence-corrected chi connectivity index (χ3v) is 6.30. The topological polar surface area (TPSA) is 30.3 Å². The average Bonchev–Trinajstić information content (AvgIpc) is 3.13. The van der Waals surface area contributed by atoms with Crippen molar-refractivity contribution in [2.75, 3.05) is 19.6 Å². The first-order valence-corrected chi connectivity index (χ1v) is 11.6. The largest absolute Gasteiger partial charge is 0.486 e. The van der Waals surface area contributed by atoms with Crippen LogP contribution >= 0.6 is 11.6 Å². The number of imidazole rings is 1. The van der Waals surface area contributed by atoms with Gasteiger partial charge in [-0.15, -0.1) is 0 Å². The minimum Gasteiger partial charge on any atom is -0.486 e. The van der Waals surface area contributed by atoms with Crippen LogP contribution in [0.15, 0.2) is 42.5 Å². The summed E-state index contributed by atoms with van der Waals surface area (Å²) in [6.45, 7) is 7.40. The molecule has 1 aliphatic rings. The number of aryl methyl sites for hydroxylation is 2. The molecular weight excluding hydrogens is 394 g/mol. The lowest BCUT2D eigenvalue weighted by Crippen LogP contribution is -2.30. The number of unbranched alkanes of at least 4 members (excludes halogenated alkanes) is 2. The van der Waals surface area contributed by atoms with Gasteiger partial charge in [0.05, 0.1) is 11.0 Å². The Labute approximate surface area is 184 Å². The number of para-hydroxylation sites is 1. The molecule has 4 nitrogen and oxygen atoms in total. The van der Waals surface area contributed by atoms with Crippen LogP contribution in [0.4, 0.5) is 0 Å². The monoisotopic (exact) mass is 425 g/mol. The van der Waals surface area contributed by atoms with Crippen LogP contribution in [-0.2, 0) is 13.2 Å². The maximum absolute atomic E-state index is 6.02. The lowest BCUT2D eigenvalue weighted by atomic mass is 10.1. The molecule has 0 spiro atoms. The number of nitrogens with zero attached hydrogens (tertiary/aromatic N) is 3. The molecule has 160 valence electrons. The van der Waals surface area contributed by atoms with E-state index in [0.29, 0.717) is 6.61 Å². The number of hydrogen-bond donors (Lipinski definition) is 0. The van der Waals surface area contributed by atoms with E-state index in [0.717, 1.165) is 28.7 Å². The van der Waals surface area contributed by atoms with E-state index >= 15 is 0 Å². The summed E-state index contributed by atoms with van der Waals surface area (Å²) in [6.07, 6.45) is 7.85. The van der Waals surface area contributed by atoms with Crippen molar-refractivity contribution in [3.05, 3.63) is 58.9 Å². The molecule has 1 saturated heterocycles. The fourth-order valence-electron chi connectivity index (χ4n) is 4.34. The Balaban J connectivity index is 1.39. The zero-order valence-electron chi connectivity index (χ0n) is 17.9. The van der Waals surface area contributed by atoms with Crippen molar-refractivity contribution >= 4 is 22.6 Å². The van der Waals surface area contributed by atoms with E-state index in [2.05, 4.69) is 34.6 Å². The molecule has 3 aromatic rings. The molecule has 0 bridgehead atoms. The van der Waals surface area contributed by atoms with E-state index in [-0.39, 0.29) is 0 Å². The van der Waals surface area contributed by atoms with Gasteiger partial charge in [-0.1, -0.05) is 36.6 Å². The van der Waals surface area contributed by atoms with Crippen LogP contribution in [0.25, 0.3) is 11.0 Å². The van der Waals surface area contributed by atoms with E-state index in [9.17, 15) is 0 Å². The molecule has 5 heteroatoms. The number of likely N-dealkylation sites (tertiary alicyclic amines) is 1. The first-order chi connectivity index (χ1) is 14.7. The third-order valence-electron chi connectivity index (χ3n) is 6.05. The van der Waals surface area contributed by atoms with Gasteiger partial charge in [0.15, 0.2) is 0 Å². The highest BCUT2D eigenvalue weighted by atomic mass is 35.5. The molecule has 1 aliphatic heterocycles. The molecule has 2 aromatic carbocycles. The Kier molecular flexibility index (Phi) is 7.29. The van der Waals surface area contributed by atoms with Gasteiger partial charge in [0.1, 0.15) is 18.2 Å². The Hall–Kier alpha value is -2.04. The van der Waals surface area contributed by atoms with Crippen molar-refractivity contribution in [3.63, 3.8) is 0 Å². The van der Waals surface area contributed by atoms with Gasteiger partial charge in [0.25, 0.3) is 0 Å². The number of fused-ring (bicyclic) bond motifs is 1. The summed E-state index contributed by atoms with van der Waals surface area (Å²) in [5.41, 5.74) is 3.50. The Morgan fingerprint density at radius 2 is 1.70 bits per heavy atom. The van der Waals surface area contributed by atoms with Gasteiger partial charge in [-0.3, -0.25) is 0 Å². The summed E-state index contributed by atoms with van der Waals surface area (Å²) in [4.78, 5) is 7.55. The summed E-state index contributed by atoms with van der Waals surface area (Å²) in [5.74, 6) is 1.81. The van der Waals surface area contributed by atoms with Crippen LogP contribution in [0.1, 0.15) is 49.9 Å². The Bertz CT molecular complexity index is 945. The van der Waals surface area contributed by atoms with Gasteiger partial charge < -0.3 is 14.2 Å². The molecule has 0 saturated carbocycles. The number of ether oxygens (including phenoxy) is 1. The minimum absolute atomic E-state index is 0.462. The molecule has 0 N–H and O–H groups in total. The number of benzene rings is 2. The minimum atomic E-state index is 0.462.